The molecule has 2 N–H and O–H groups in total. The topological polar surface area (TPSA) is 66.4 Å². The molecule has 1 amide bonds. The second-order valence-electron chi connectivity index (χ2n) is 8.68. The van der Waals surface area contributed by atoms with Gasteiger partial charge in [-0.2, -0.15) is 13.2 Å². The zero-order valence-corrected chi connectivity index (χ0v) is 18.0. The van der Waals surface area contributed by atoms with Gasteiger partial charge in [-0.3, -0.25) is 9.59 Å². The summed E-state index contributed by atoms with van der Waals surface area (Å²) < 4.78 is 54.4. The van der Waals surface area contributed by atoms with Crippen molar-refractivity contribution in [1.82, 2.24) is 15.2 Å². The van der Waals surface area contributed by atoms with E-state index in [0.29, 0.717) is 42.7 Å². The number of anilines is 1. The van der Waals surface area contributed by atoms with E-state index in [0.717, 1.165) is 23.9 Å². The number of nitrogens with zero attached hydrogens (tertiary/aromatic N) is 2. The molecule has 2 fully saturated rings. The molecule has 6 nitrogen and oxygen atoms in total. The third-order valence-corrected chi connectivity index (χ3v) is 6.27. The summed E-state index contributed by atoms with van der Waals surface area (Å²) in [4.78, 5) is 25.8. The number of carbonyl (C=O) groups is 1. The molecule has 4 rings (SSSR count). The molecule has 2 aliphatic rings. The zero-order chi connectivity index (χ0) is 23.2. The highest BCUT2D eigenvalue weighted by atomic mass is 19.4. The first-order chi connectivity index (χ1) is 15.1. The van der Waals surface area contributed by atoms with Crippen molar-refractivity contribution >= 4 is 22.5 Å². The Hall–Kier alpha value is -2.62. The summed E-state index contributed by atoms with van der Waals surface area (Å²) in [5.41, 5.74) is 2.36. The Labute approximate surface area is 182 Å². The normalized spacial score (nSPS) is 19.1. The van der Waals surface area contributed by atoms with Gasteiger partial charge < -0.3 is 20.1 Å². The fourth-order valence-electron chi connectivity index (χ4n) is 4.68. The minimum Gasteiger partial charge on any atom is -0.369 e. The fourth-order valence-corrected chi connectivity index (χ4v) is 4.68. The second kappa shape index (κ2) is 8.38. The predicted octanol–water partition coefficient (Wildman–Crippen LogP) is 3.01. The Morgan fingerprint density at radius 3 is 2.56 bits per heavy atom. The number of rotatable bonds is 6. The van der Waals surface area contributed by atoms with Crippen LogP contribution in [0.5, 0.6) is 0 Å². The molecule has 1 saturated carbocycles. The van der Waals surface area contributed by atoms with E-state index in [-0.39, 0.29) is 24.1 Å². The lowest BCUT2D eigenvalue weighted by Crippen LogP contribution is -2.39. The molecule has 0 spiro atoms. The first-order valence-electron chi connectivity index (χ1n) is 10.7. The monoisotopic (exact) mass is 454 g/mol. The van der Waals surface area contributed by atoms with Crippen LogP contribution in [0.15, 0.2) is 16.9 Å². The van der Waals surface area contributed by atoms with E-state index in [9.17, 15) is 22.8 Å². The molecule has 32 heavy (non-hydrogen) atoms. The van der Waals surface area contributed by atoms with Crippen molar-refractivity contribution < 1.29 is 22.4 Å². The number of benzene rings is 1. The predicted molar refractivity (Wildman–Crippen MR) is 113 cm³/mol. The van der Waals surface area contributed by atoms with Crippen LogP contribution in [0, 0.1) is 18.7 Å². The van der Waals surface area contributed by atoms with E-state index in [2.05, 4.69) is 5.32 Å². The minimum absolute atomic E-state index is 0.106. The van der Waals surface area contributed by atoms with Gasteiger partial charge in [0.05, 0.1) is 11.2 Å². The van der Waals surface area contributed by atoms with Gasteiger partial charge in [-0.1, -0.05) is 0 Å². The SMILES string of the molecule is CNCc1cc(=O)n(C2CC2)c2c(C)c(N3CCC(CNC(=O)C(F)(F)F)C3)c(F)cc12. The van der Waals surface area contributed by atoms with Gasteiger partial charge in [0.2, 0.25) is 0 Å². The van der Waals surface area contributed by atoms with Gasteiger partial charge in [-0.25, -0.2) is 4.39 Å². The highest BCUT2D eigenvalue weighted by Crippen LogP contribution is 2.40. The van der Waals surface area contributed by atoms with Gasteiger partial charge >= 0.3 is 12.1 Å². The van der Waals surface area contributed by atoms with Crippen LogP contribution in [-0.4, -0.2) is 43.3 Å². The van der Waals surface area contributed by atoms with E-state index >= 15 is 4.39 Å². The number of aromatic nitrogens is 1. The first-order valence-corrected chi connectivity index (χ1v) is 10.7. The number of aryl methyl sites for hydroxylation is 1. The van der Waals surface area contributed by atoms with E-state index in [1.807, 2.05) is 5.32 Å². The molecule has 2 heterocycles. The molecule has 1 aromatic carbocycles. The van der Waals surface area contributed by atoms with Crippen molar-refractivity contribution in [3.8, 4) is 0 Å². The molecule has 1 aliphatic carbocycles. The van der Waals surface area contributed by atoms with Crippen LogP contribution < -0.4 is 21.1 Å². The van der Waals surface area contributed by atoms with E-state index < -0.39 is 17.9 Å². The summed E-state index contributed by atoms with van der Waals surface area (Å²) >= 11 is 0. The number of alkyl halides is 3. The van der Waals surface area contributed by atoms with E-state index in [1.165, 1.54) is 6.07 Å². The van der Waals surface area contributed by atoms with Gasteiger partial charge in [-0.05, 0) is 56.3 Å². The summed E-state index contributed by atoms with van der Waals surface area (Å²) in [5.74, 6) is -2.61. The van der Waals surface area contributed by atoms with Crippen LogP contribution in [0.25, 0.3) is 10.9 Å². The Balaban J connectivity index is 1.67. The average Bonchev–Trinajstić information content (AvgIpc) is 3.44. The van der Waals surface area contributed by atoms with Crippen molar-refractivity contribution in [2.75, 3.05) is 31.6 Å². The van der Waals surface area contributed by atoms with Crippen LogP contribution in [-0.2, 0) is 11.3 Å². The third kappa shape index (κ3) is 4.20. The Morgan fingerprint density at radius 2 is 1.94 bits per heavy atom. The van der Waals surface area contributed by atoms with Crippen molar-refractivity contribution in [2.24, 2.45) is 5.92 Å². The van der Waals surface area contributed by atoms with Crippen LogP contribution >= 0.6 is 0 Å². The number of nitrogens with one attached hydrogen (secondary N) is 2. The Morgan fingerprint density at radius 1 is 1.22 bits per heavy atom. The first kappa shape index (κ1) is 22.6. The fraction of sp³-hybridized carbons (Fsp3) is 0.545. The van der Waals surface area contributed by atoms with Crippen LogP contribution in [0.3, 0.4) is 0 Å². The van der Waals surface area contributed by atoms with Gasteiger partial charge in [0, 0.05) is 43.7 Å². The number of halogens is 4. The Kier molecular flexibility index (Phi) is 5.91. The lowest BCUT2D eigenvalue weighted by molar-refractivity contribution is -0.173. The zero-order valence-electron chi connectivity index (χ0n) is 18.0. The van der Waals surface area contributed by atoms with Crippen LogP contribution in [0.4, 0.5) is 23.2 Å². The van der Waals surface area contributed by atoms with Crippen molar-refractivity contribution in [1.29, 1.82) is 0 Å². The molecule has 2 aromatic rings. The summed E-state index contributed by atoms with van der Waals surface area (Å²) in [6, 6.07) is 3.13. The van der Waals surface area contributed by atoms with Gasteiger partial charge in [0.1, 0.15) is 5.82 Å². The molecular formula is C22H26F4N4O2. The van der Waals surface area contributed by atoms with E-state index in [4.69, 9.17) is 0 Å². The van der Waals surface area contributed by atoms with Gasteiger partial charge in [0.15, 0.2) is 0 Å². The number of amides is 1. The molecule has 1 aromatic heterocycles. The summed E-state index contributed by atoms with van der Waals surface area (Å²) in [6.45, 7) is 2.88. The molecule has 10 heteroatoms. The van der Waals surface area contributed by atoms with Crippen molar-refractivity contribution in [3.05, 3.63) is 39.4 Å². The number of hydrogen-bond donors (Lipinski definition) is 2. The molecule has 1 atom stereocenters. The quantitative estimate of drug-likeness (QED) is 0.659. The maximum Gasteiger partial charge on any atom is 0.471 e. The highest BCUT2D eigenvalue weighted by Gasteiger charge is 2.39. The number of fused-ring (bicyclic) bond motifs is 1. The molecule has 0 bridgehead atoms. The highest BCUT2D eigenvalue weighted by molar-refractivity contribution is 5.90. The molecule has 1 saturated heterocycles. The lowest BCUT2D eigenvalue weighted by atomic mass is 10.0. The Bertz CT molecular complexity index is 1110. The molecular weight excluding hydrogens is 428 g/mol. The maximum atomic E-state index is 15.3. The second-order valence-corrected chi connectivity index (χ2v) is 8.68. The van der Waals surface area contributed by atoms with E-state index in [1.54, 1.807) is 29.5 Å². The standard InChI is InChI=1S/C22H26F4N4O2/c1-12-19-16(14(10-27-2)7-18(31)30(19)15-3-4-15)8-17(23)20(12)29-6-5-13(11-29)9-28-21(32)22(24,25)26/h7-8,13,15,27H,3-6,9-11H2,1-2H3,(H,28,32). The number of carbonyl (C=O) groups excluding carboxylic acids is 1. The molecule has 1 aliphatic heterocycles. The molecule has 0 radical (unpaired) electrons. The summed E-state index contributed by atoms with van der Waals surface area (Å²) in [5, 5.41) is 5.63. The van der Waals surface area contributed by atoms with Crippen molar-refractivity contribution in [2.45, 2.75) is 44.9 Å². The van der Waals surface area contributed by atoms with Crippen LogP contribution in [0.1, 0.15) is 36.4 Å². The number of hydrogen-bond acceptors (Lipinski definition) is 4. The average molecular weight is 454 g/mol. The maximum absolute atomic E-state index is 15.3. The molecule has 174 valence electrons. The van der Waals surface area contributed by atoms with Crippen LogP contribution in [0.2, 0.25) is 0 Å². The summed E-state index contributed by atoms with van der Waals surface area (Å²) in [6.07, 6.45) is -2.59. The smallest absolute Gasteiger partial charge is 0.369 e. The molecule has 1 unspecified atom stereocenters. The van der Waals surface area contributed by atoms with Gasteiger partial charge in [-0.15, -0.1) is 0 Å². The lowest BCUT2D eigenvalue weighted by Gasteiger charge is -2.25. The summed E-state index contributed by atoms with van der Waals surface area (Å²) in [7, 11) is 1.76. The van der Waals surface area contributed by atoms with Gasteiger partial charge in [0.25, 0.3) is 5.56 Å². The van der Waals surface area contributed by atoms with Crippen molar-refractivity contribution in [3.63, 3.8) is 0 Å². The number of pyridine rings is 1. The third-order valence-electron chi connectivity index (χ3n) is 6.27. The largest absolute Gasteiger partial charge is 0.471 e. The minimum atomic E-state index is -4.92.